The average Bonchev–Trinajstić information content (AvgIpc) is 2.45. The fourth-order valence-corrected chi connectivity index (χ4v) is 3.72. The van der Waals surface area contributed by atoms with E-state index >= 15 is 0 Å². The zero-order chi connectivity index (χ0) is 16.0. The Morgan fingerprint density at radius 3 is 2.52 bits per heavy atom. The van der Waals surface area contributed by atoms with Gasteiger partial charge in [-0.3, -0.25) is 9.59 Å². The lowest BCUT2D eigenvalue weighted by Gasteiger charge is -2.33. The molecule has 1 unspecified atom stereocenters. The first-order valence-electron chi connectivity index (χ1n) is 7.30. The summed E-state index contributed by atoms with van der Waals surface area (Å²) in [5, 5.41) is 8.88. The van der Waals surface area contributed by atoms with Crippen LogP contribution in [0.5, 0.6) is 0 Å². The van der Waals surface area contributed by atoms with Crippen LogP contribution in [0.25, 0.3) is 0 Å². The molecular weight excluding hydrogens is 296 g/mol. The van der Waals surface area contributed by atoms with Crippen LogP contribution >= 0.6 is 0 Å². The smallest absolute Gasteiger partial charge is 0.323 e. The van der Waals surface area contributed by atoms with E-state index in [1.165, 1.54) is 9.21 Å². The van der Waals surface area contributed by atoms with Gasteiger partial charge in [0.25, 0.3) is 0 Å². The summed E-state index contributed by atoms with van der Waals surface area (Å²) in [6, 6.07) is 0. The molecule has 1 atom stereocenters. The molecule has 0 bridgehead atoms. The van der Waals surface area contributed by atoms with Gasteiger partial charge in [-0.2, -0.15) is 0 Å². The highest BCUT2D eigenvalue weighted by atomic mass is 32.2. The summed E-state index contributed by atoms with van der Waals surface area (Å²) in [7, 11) is -3.30. The summed E-state index contributed by atoms with van der Waals surface area (Å²) in [5.41, 5.74) is 0. The van der Waals surface area contributed by atoms with Crippen LogP contribution in [0.1, 0.15) is 33.1 Å². The minimum absolute atomic E-state index is 0.0156. The first kappa shape index (κ1) is 17.9. The number of piperidine rings is 1. The number of carboxylic acids is 1. The number of nitrogens with zero attached hydrogens (tertiary/aromatic N) is 2. The van der Waals surface area contributed by atoms with Gasteiger partial charge in [-0.15, -0.1) is 0 Å². The van der Waals surface area contributed by atoms with E-state index in [1.807, 2.05) is 6.92 Å². The van der Waals surface area contributed by atoms with Crippen LogP contribution in [0.15, 0.2) is 0 Å². The van der Waals surface area contributed by atoms with Crippen molar-refractivity contribution in [3.63, 3.8) is 0 Å². The van der Waals surface area contributed by atoms with Gasteiger partial charge >= 0.3 is 5.97 Å². The van der Waals surface area contributed by atoms with E-state index in [1.54, 1.807) is 6.92 Å². The van der Waals surface area contributed by atoms with Crippen LogP contribution in [-0.2, 0) is 19.6 Å². The van der Waals surface area contributed by atoms with Gasteiger partial charge in [0, 0.05) is 19.6 Å². The van der Waals surface area contributed by atoms with E-state index in [9.17, 15) is 18.0 Å². The number of carbonyl (C=O) groups excluding carboxylic acids is 1. The molecule has 0 aliphatic carbocycles. The van der Waals surface area contributed by atoms with E-state index < -0.39 is 21.9 Å². The number of aliphatic carboxylic acids is 1. The van der Waals surface area contributed by atoms with Gasteiger partial charge in [0.2, 0.25) is 15.9 Å². The van der Waals surface area contributed by atoms with Crippen LogP contribution in [0.4, 0.5) is 0 Å². The molecule has 8 heteroatoms. The van der Waals surface area contributed by atoms with Crippen molar-refractivity contribution < 1.29 is 23.1 Å². The molecule has 1 aliphatic rings. The Labute approximate surface area is 126 Å². The van der Waals surface area contributed by atoms with E-state index in [2.05, 4.69) is 0 Å². The zero-order valence-electron chi connectivity index (χ0n) is 12.6. The zero-order valence-corrected chi connectivity index (χ0v) is 13.4. The van der Waals surface area contributed by atoms with Gasteiger partial charge in [0.1, 0.15) is 6.54 Å². The van der Waals surface area contributed by atoms with E-state index in [0.717, 1.165) is 0 Å². The molecule has 0 aromatic rings. The Bertz CT molecular complexity index is 477. The molecule has 0 aromatic carbocycles. The number of hydrogen-bond donors (Lipinski definition) is 1. The van der Waals surface area contributed by atoms with E-state index in [4.69, 9.17) is 5.11 Å². The predicted octanol–water partition coefficient (Wildman–Crippen LogP) is 0.371. The predicted molar refractivity (Wildman–Crippen MR) is 78.3 cm³/mol. The summed E-state index contributed by atoms with van der Waals surface area (Å²) < 4.78 is 25.2. The van der Waals surface area contributed by atoms with Crippen LogP contribution in [0.3, 0.4) is 0 Å². The van der Waals surface area contributed by atoms with E-state index in [0.29, 0.717) is 32.4 Å². The standard InChI is InChI=1S/C13H24N2O5S/c1-3-7-14(10-12(16)17)13(18)11-6-5-8-15(9-11)21(19,20)4-2/h11H,3-10H2,1-2H3,(H,16,17). The highest BCUT2D eigenvalue weighted by molar-refractivity contribution is 7.89. The highest BCUT2D eigenvalue weighted by Crippen LogP contribution is 2.21. The summed E-state index contributed by atoms with van der Waals surface area (Å²) >= 11 is 0. The summed E-state index contributed by atoms with van der Waals surface area (Å²) in [6.07, 6.45) is 1.90. The van der Waals surface area contributed by atoms with Crippen LogP contribution in [0.2, 0.25) is 0 Å². The van der Waals surface area contributed by atoms with Gasteiger partial charge in [0.15, 0.2) is 0 Å². The quantitative estimate of drug-likeness (QED) is 0.731. The monoisotopic (exact) mass is 320 g/mol. The molecule has 7 nitrogen and oxygen atoms in total. The maximum absolute atomic E-state index is 12.4. The topological polar surface area (TPSA) is 95.0 Å². The van der Waals surface area contributed by atoms with Crippen molar-refractivity contribution in [2.45, 2.75) is 33.1 Å². The van der Waals surface area contributed by atoms with Crippen molar-refractivity contribution in [2.24, 2.45) is 5.92 Å². The Morgan fingerprint density at radius 1 is 1.33 bits per heavy atom. The second kappa shape index (κ2) is 7.74. The molecule has 1 fully saturated rings. The minimum Gasteiger partial charge on any atom is -0.480 e. The van der Waals surface area contributed by atoms with Gasteiger partial charge in [-0.25, -0.2) is 12.7 Å². The second-order valence-corrected chi connectivity index (χ2v) is 7.51. The second-order valence-electron chi connectivity index (χ2n) is 5.25. The summed E-state index contributed by atoms with van der Waals surface area (Å²) in [6.45, 7) is 4.10. The summed E-state index contributed by atoms with van der Waals surface area (Å²) in [4.78, 5) is 24.6. The average molecular weight is 320 g/mol. The molecule has 1 amide bonds. The minimum atomic E-state index is -3.30. The molecule has 1 aliphatic heterocycles. The number of hydrogen-bond acceptors (Lipinski definition) is 4. The molecule has 0 spiro atoms. The number of sulfonamides is 1. The third kappa shape index (κ3) is 4.96. The molecule has 1 N–H and O–H groups in total. The van der Waals surface area contributed by atoms with Crippen molar-refractivity contribution >= 4 is 21.9 Å². The third-order valence-electron chi connectivity index (χ3n) is 3.62. The molecule has 0 radical (unpaired) electrons. The SMILES string of the molecule is CCCN(CC(=O)O)C(=O)C1CCCN(S(=O)(=O)CC)C1. The van der Waals surface area contributed by atoms with Gasteiger partial charge in [0.05, 0.1) is 11.7 Å². The maximum atomic E-state index is 12.4. The lowest BCUT2D eigenvalue weighted by atomic mass is 9.98. The number of carbonyl (C=O) groups is 2. The molecule has 0 aromatic heterocycles. The number of carboxylic acid groups (broad SMARTS) is 1. The highest BCUT2D eigenvalue weighted by Gasteiger charge is 2.33. The molecule has 1 heterocycles. The number of amides is 1. The lowest BCUT2D eigenvalue weighted by Crippen LogP contribution is -2.48. The Morgan fingerprint density at radius 2 is 2.00 bits per heavy atom. The van der Waals surface area contributed by atoms with E-state index in [-0.39, 0.29) is 24.7 Å². The third-order valence-corrected chi connectivity index (χ3v) is 5.47. The van der Waals surface area contributed by atoms with Gasteiger partial charge < -0.3 is 10.0 Å². The fraction of sp³-hybridized carbons (Fsp3) is 0.846. The van der Waals surface area contributed by atoms with Crippen LogP contribution < -0.4 is 0 Å². The van der Waals surface area contributed by atoms with Gasteiger partial charge in [-0.05, 0) is 26.2 Å². The lowest BCUT2D eigenvalue weighted by molar-refractivity contribution is -0.146. The van der Waals surface area contributed by atoms with Crippen LogP contribution in [0, 0.1) is 5.92 Å². The maximum Gasteiger partial charge on any atom is 0.323 e. The van der Waals surface area contributed by atoms with Crippen molar-refractivity contribution in [3.8, 4) is 0 Å². The van der Waals surface area contributed by atoms with Crippen molar-refractivity contribution in [3.05, 3.63) is 0 Å². The Kier molecular flexibility index (Phi) is 6.60. The molecule has 1 saturated heterocycles. The largest absolute Gasteiger partial charge is 0.480 e. The summed E-state index contributed by atoms with van der Waals surface area (Å²) in [5.74, 6) is -1.73. The van der Waals surface area contributed by atoms with Crippen molar-refractivity contribution in [1.29, 1.82) is 0 Å². The molecule has 1 rings (SSSR count). The molecule has 21 heavy (non-hydrogen) atoms. The van der Waals surface area contributed by atoms with Crippen molar-refractivity contribution in [2.75, 3.05) is 31.9 Å². The first-order valence-corrected chi connectivity index (χ1v) is 8.91. The van der Waals surface area contributed by atoms with Crippen molar-refractivity contribution in [1.82, 2.24) is 9.21 Å². The van der Waals surface area contributed by atoms with Gasteiger partial charge in [-0.1, -0.05) is 6.92 Å². The Balaban J connectivity index is 2.78. The fourth-order valence-electron chi connectivity index (χ4n) is 2.54. The first-order chi connectivity index (χ1) is 9.81. The molecule has 122 valence electrons. The van der Waals surface area contributed by atoms with Crippen LogP contribution in [-0.4, -0.2) is 66.5 Å². The molecule has 0 saturated carbocycles. The molecular formula is C13H24N2O5S. The normalized spacial score (nSPS) is 20.2. The Hall–Kier alpha value is -1.15. The number of rotatable bonds is 7.